The first-order valence-electron chi connectivity index (χ1n) is 10.5. The van der Waals surface area contributed by atoms with Crippen LogP contribution in [0, 0.1) is 23.7 Å². The van der Waals surface area contributed by atoms with Crippen LogP contribution < -0.4 is 4.90 Å². The van der Waals surface area contributed by atoms with Crippen LogP contribution in [0.4, 0.5) is 5.69 Å². The molecule has 4 aliphatic rings. The number of benzene rings is 1. The third-order valence-electron chi connectivity index (χ3n) is 7.26. The third kappa shape index (κ3) is 2.70. The van der Waals surface area contributed by atoms with Crippen LogP contribution in [0.3, 0.4) is 0 Å². The normalized spacial score (nSPS) is 32.0. The molecule has 2 saturated heterocycles. The molecule has 5 rings (SSSR count). The van der Waals surface area contributed by atoms with Crippen LogP contribution in [-0.2, 0) is 9.59 Å². The van der Waals surface area contributed by atoms with E-state index < -0.39 is 0 Å². The smallest absolute Gasteiger partial charge is 0.255 e. The molecule has 2 saturated carbocycles. The molecule has 2 bridgehead atoms. The fourth-order valence-electron chi connectivity index (χ4n) is 5.92. The van der Waals surface area contributed by atoms with Gasteiger partial charge in [0.2, 0.25) is 11.8 Å². The minimum Gasteiger partial charge on any atom is -0.339 e. The summed E-state index contributed by atoms with van der Waals surface area (Å²) >= 11 is 6.35. The molecule has 3 amide bonds. The molecule has 2 heterocycles. The van der Waals surface area contributed by atoms with Crippen molar-refractivity contribution in [2.24, 2.45) is 23.7 Å². The summed E-state index contributed by atoms with van der Waals surface area (Å²) in [6.45, 7) is 1.46. The first kappa shape index (κ1) is 18.2. The van der Waals surface area contributed by atoms with Gasteiger partial charge in [0.1, 0.15) is 0 Å². The van der Waals surface area contributed by atoms with Crippen molar-refractivity contribution in [3.8, 4) is 0 Å². The number of nitrogens with zero attached hydrogens (tertiary/aromatic N) is 2. The Morgan fingerprint density at radius 2 is 1.54 bits per heavy atom. The molecule has 4 atom stereocenters. The van der Waals surface area contributed by atoms with Gasteiger partial charge in [-0.3, -0.25) is 19.3 Å². The number of fused-ring (bicyclic) bond motifs is 5. The topological polar surface area (TPSA) is 57.7 Å². The minimum absolute atomic E-state index is 0.0855. The van der Waals surface area contributed by atoms with Crippen LogP contribution in [0.5, 0.6) is 0 Å². The van der Waals surface area contributed by atoms with Crippen molar-refractivity contribution in [1.82, 2.24) is 4.90 Å². The zero-order valence-corrected chi connectivity index (χ0v) is 16.7. The maximum Gasteiger partial charge on any atom is 0.255 e. The van der Waals surface area contributed by atoms with E-state index in [2.05, 4.69) is 0 Å². The van der Waals surface area contributed by atoms with Gasteiger partial charge in [-0.15, -0.1) is 0 Å². The Labute approximate surface area is 170 Å². The lowest BCUT2D eigenvalue weighted by Crippen LogP contribution is -2.34. The quantitative estimate of drug-likeness (QED) is 0.707. The molecule has 0 aromatic heterocycles. The average molecular weight is 401 g/mol. The van der Waals surface area contributed by atoms with E-state index in [-0.39, 0.29) is 29.6 Å². The number of halogens is 1. The molecular weight excluding hydrogens is 376 g/mol. The summed E-state index contributed by atoms with van der Waals surface area (Å²) in [5, 5.41) is 0.373. The van der Waals surface area contributed by atoms with Crippen LogP contribution in [0.25, 0.3) is 0 Å². The summed E-state index contributed by atoms with van der Waals surface area (Å²) < 4.78 is 0. The number of rotatable bonds is 2. The molecule has 2 aliphatic heterocycles. The van der Waals surface area contributed by atoms with Crippen molar-refractivity contribution in [1.29, 1.82) is 0 Å². The molecule has 148 valence electrons. The number of imide groups is 1. The number of hydrogen-bond donors (Lipinski definition) is 0. The second-order valence-corrected chi connectivity index (χ2v) is 9.17. The molecule has 0 radical (unpaired) electrons. The number of anilines is 1. The second-order valence-electron chi connectivity index (χ2n) is 8.77. The molecule has 2 aliphatic carbocycles. The number of carbonyl (C=O) groups excluding carboxylic acids is 3. The molecule has 0 spiro atoms. The van der Waals surface area contributed by atoms with Crippen LogP contribution >= 0.6 is 11.6 Å². The predicted octanol–water partition coefficient (Wildman–Crippen LogP) is 3.89. The van der Waals surface area contributed by atoms with Crippen molar-refractivity contribution < 1.29 is 14.4 Å². The Morgan fingerprint density at radius 1 is 0.929 bits per heavy atom. The van der Waals surface area contributed by atoms with E-state index in [4.69, 9.17) is 11.6 Å². The van der Waals surface area contributed by atoms with Gasteiger partial charge in [-0.05, 0) is 62.1 Å². The fourth-order valence-corrected chi connectivity index (χ4v) is 6.12. The first-order chi connectivity index (χ1) is 13.6. The molecule has 0 N–H and O–H groups in total. The number of amides is 3. The summed E-state index contributed by atoms with van der Waals surface area (Å²) in [7, 11) is 0. The van der Waals surface area contributed by atoms with E-state index in [9.17, 15) is 14.4 Å². The van der Waals surface area contributed by atoms with Crippen molar-refractivity contribution in [3.63, 3.8) is 0 Å². The SMILES string of the molecule is O=C(c1cc(N2C(=O)[C@H]3[C@H]4CC[C@@H](C4)[C@@H]3C2=O)ccc1Cl)N1CCCCCC1. The van der Waals surface area contributed by atoms with E-state index in [1.54, 1.807) is 18.2 Å². The van der Waals surface area contributed by atoms with Gasteiger partial charge in [0.25, 0.3) is 5.91 Å². The molecule has 1 aromatic carbocycles. The summed E-state index contributed by atoms with van der Waals surface area (Å²) in [5.74, 6) is 0.103. The zero-order chi connectivity index (χ0) is 19.4. The third-order valence-corrected chi connectivity index (χ3v) is 7.59. The second kappa shape index (κ2) is 6.87. The van der Waals surface area contributed by atoms with Crippen LogP contribution in [0.2, 0.25) is 5.02 Å². The summed E-state index contributed by atoms with van der Waals surface area (Å²) in [4.78, 5) is 42.4. The number of likely N-dealkylation sites (tertiary alicyclic amines) is 1. The van der Waals surface area contributed by atoms with Crippen molar-refractivity contribution in [2.75, 3.05) is 18.0 Å². The summed E-state index contributed by atoms with van der Waals surface area (Å²) in [6, 6.07) is 4.99. The van der Waals surface area contributed by atoms with E-state index in [1.165, 1.54) is 4.90 Å². The Morgan fingerprint density at radius 3 is 2.14 bits per heavy atom. The summed E-state index contributed by atoms with van der Waals surface area (Å²) in [5.41, 5.74) is 0.882. The molecule has 5 nitrogen and oxygen atoms in total. The van der Waals surface area contributed by atoms with Gasteiger partial charge in [-0.2, -0.15) is 0 Å². The average Bonchev–Trinajstić information content (AvgIpc) is 3.29. The van der Waals surface area contributed by atoms with Crippen LogP contribution in [0.1, 0.15) is 55.3 Å². The van der Waals surface area contributed by atoms with Crippen molar-refractivity contribution in [3.05, 3.63) is 28.8 Å². The number of carbonyl (C=O) groups is 3. The standard InChI is InChI=1S/C22H25ClN2O3/c23-17-8-7-15(12-16(17)20(26)24-9-3-1-2-4-10-24)25-21(27)18-13-5-6-14(11-13)19(18)22(25)28/h7-8,12-14,18-19H,1-6,9-11H2/t13-,14-,18-,19-/m0/s1. The Hall–Kier alpha value is -1.88. The van der Waals surface area contributed by atoms with E-state index in [0.717, 1.165) is 58.0 Å². The van der Waals surface area contributed by atoms with E-state index in [1.807, 2.05) is 4.90 Å². The molecule has 6 heteroatoms. The molecule has 4 fully saturated rings. The molecule has 1 aromatic rings. The van der Waals surface area contributed by atoms with Gasteiger partial charge >= 0.3 is 0 Å². The number of hydrogen-bond acceptors (Lipinski definition) is 3. The largest absolute Gasteiger partial charge is 0.339 e. The Balaban J connectivity index is 1.45. The Kier molecular flexibility index (Phi) is 4.46. The molecule has 28 heavy (non-hydrogen) atoms. The monoisotopic (exact) mass is 400 g/mol. The van der Waals surface area contributed by atoms with Crippen LogP contribution in [0.15, 0.2) is 18.2 Å². The van der Waals surface area contributed by atoms with Crippen LogP contribution in [-0.4, -0.2) is 35.7 Å². The van der Waals surface area contributed by atoms with Gasteiger partial charge in [-0.1, -0.05) is 24.4 Å². The van der Waals surface area contributed by atoms with Crippen molar-refractivity contribution >= 4 is 35.0 Å². The fraction of sp³-hybridized carbons (Fsp3) is 0.591. The highest BCUT2D eigenvalue weighted by Crippen LogP contribution is 2.56. The van der Waals surface area contributed by atoms with Gasteiger partial charge in [0.05, 0.1) is 28.1 Å². The first-order valence-corrected chi connectivity index (χ1v) is 10.9. The van der Waals surface area contributed by atoms with Gasteiger partial charge in [0.15, 0.2) is 0 Å². The maximum absolute atomic E-state index is 13.1. The lowest BCUT2D eigenvalue weighted by molar-refractivity contribution is -0.123. The zero-order valence-electron chi connectivity index (χ0n) is 15.9. The maximum atomic E-state index is 13.1. The highest BCUT2D eigenvalue weighted by molar-refractivity contribution is 6.34. The lowest BCUT2D eigenvalue weighted by Gasteiger charge is -2.23. The Bertz CT molecular complexity index is 818. The lowest BCUT2D eigenvalue weighted by atomic mass is 9.81. The van der Waals surface area contributed by atoms with Crippen molar-refractivity contribution in [2.45, 2.75) is 44.9 Å². The predicted molar refractivity (Wildman–Crippen MR) is 106 cm³/mol. The molecular formula is C22H25ClN2O3. The van der Waals surface area contributed by atoms with Gasteiger partial charge in [0, 0.05) is 13.1 Å². The minimum atomic E-state index is -0.160. The summed E-state index contributed by atoms with van der Waals surface area (Å²) in [6.07, 6.45) is 7.39. The van der Waals surface area contributed by atoms with E-state index >= 15 is 0 Å². The van der Waals surface area contributed by atoms with E-state index in [0.29, 0.717) is 28.1 Å². The highest BCUT2D eigenvalue weighted by atomic mass is 35.5. The molecule has 0 unspecified atom stereocenters. The van der Waals surface area contributed by atoms with Gasteiger partial charge in [-0.25, -0.2) is 0 Å². The van der Waals surface area contributed by atoms with Gasteiger partial charge < -0.3 is 4.90 Å². The highest BCUT2D eigenvalue weighted by Gasteiger charge is 2.61.